The molecule has 0 saturated heterocycles. The lowest BCUT2D eigenvalue weighted by atomic mass is 10.1. The van der Waals surface area contributed by atoms with Crippen LogP contribution in [0.4, 0.5) is 5.69 Å². The van der Waals surface area contributed by atoms with Crippen LogP contribution in [-0.4, -0.2) is 20.4 Å². The van der Waals surface area contributed by atoms with Crippen LogP contribution in [0.3, 0.4) is 0 Å². The van der Waals surface area contributed by atoms with Crippen molar-refractivity contribution in [2.45, 2.75) is 19.4 Å². The monoisotopic (exact) mass is 342 g/mol. The third-order valence-electron chi connectivity index (χ3n) is 4.04. The molecule has 0 saturated carbocycles. The molecule has 0 aliphatic carbocycles. The van der Waals surface area contributed by atoms with Crippen LogP contribution in [0.2, 0.25) is 0 Å². The highest BCUT2D eigenvalue weighted by atomic mass is 32.2. The number of primary amides is 1. The largest absolute Gasteiger partial charge is 0.368 e. The van der Waals surface area contributed by atoms with E-state index in [1.54, 1.807) is 12.1 Å². The lowest BCUT2D eigenvalue weighted by Gasteiger charge is -2.23. The fourth-order valence-corrected chi connectivity index (χ4v) is 4.24. The third-order valence-corrected chi connectivity index (χ3v) is 5.52. The van der Waals surface area contributed by atoms with Crippen molar-refractivity contribution >= 4 is 27.7 Å². The van der Waals surface area contributed by atoms with Crippen LogP contribution in [0.1, 0.15) is 16.7 Å². The van der Waals surface area contributed by atoms with Crippen molar-refractivity contribution in [1.29, 1.82) is 0 Å². The Morgan fingerprint density at radius 1 is 1.17 bits per heavy atom. The van der Waals surface area contributed by atoms with E-state index in [2.05, 4.69) is 0 Å². The number of carbonyl (C=O) groups is 1. The molecule has 1 atom stereocenters. The van der Waals surface area contributed by atoms with Gasteiger partial charge in [0.1, 0.15) is 6.04 Å². The lowest BCUT2D eigenvalue weighted by Crippen LogP contribution is -2.45. The first kappa shape index (κ1) is 16.3. The van der Waals surface area contributed by atoms with Gasteiger partial charge in [-0.3, -0.25) is 9.10 Å². The third kappa shape index (κ3) is 3.05. The molecule has 0 radical (unpaired) electrons. The predicted molar refractivity (Wildman–Crippen MR) is 94.7 cm³/mol. The number of sulfonamides is 1. The minimum absolute atomic E-state index is 0.295. The summed E-state index contributed by atoms with van der Waals surface area (Å²) in [6.45, 7) is 1.96. The van der Waals surface area contributed by atoms with E-state index in [-0.39, 0.29) is 0 Å². The maximum atomic E-state index is 12.8. The van der Waals surface area contributed by atoms with Crippen molar-refractivity contribution < 1.29 is 13.2 Å². The number of nitrogens with zero attached hydrogens (tertiary/aromatic N) is 1. The van der Waals surface area contributed by atoms with Gasteiger partial charge in [0.05, 0.1) is 11.1 Å². The van der Waals surface area contributed by atoms with Gasteiger partial charge >= 0.3 is 0 Å². The van der Waals surface area contributed by atoms with Crippen molar-refractivity contribution in [3.63, 3.8) is 0 Å². The Morgan fingerprint density at radius 3 is 2.50 bits per heavy atom. The summed E-state index contributed by atoms with van der Waals surface area (Å²) >= 11 is 0. The average molecular weight is 342 g/mol. The Bertz CT molecular complexity index is 902. The Kier molecular flexibility index (Phi) is 4.15. The highest BCUT2D eigenvalue weighted by Gasteiger charge is 2.39. The molecule has 3 rings (SSSR count). The minimum atomic E-state index is -3.82. The molecule has 1 heterocycles. The van der Waals surface area contributed by atoms with Gasteiger partial charge in [0.25, 0.3) is 10.0 Å². The van der Waals surface area contributed by atoms with Crippen LogP contribution in [0.25, 0.3) is 6.08 Å². The second kappa shape index (κ2) is 6.13. The Morgan fingerprint density at radius 2 is 1.83 bits per heavy atom. The highest BCUT2D eigenvalue weighted by Crippen LogP contribution is 2.34. The van der Waals surface area contributed by atoms with E-state index in [9.17, 15) is 13.2 Å². The number of amides is 1. The van der Waals surface area contributed by atoms with Gasteiger partial charge < -0.3 is 5.73 Å². The number of nitrogens with two attached hydrogens (primary N) is 1. The molecule has 2 aromatic rings. The van der Waals surface area contributed by atoms with Gasteiger partial charge in [-0.2, -0.15) is 0 Å². The number of hydrogen-bond acceptors (Lipinski definition) is 3. The Hall–Kier alpha value is -2.60. The van der Waals surface area contributed by atoms with Crippen LogP contribution in [0.5, 0.6) is 0 Å². The van der Waals surface area contributed by atoms with E-state index in [1.807, 2.05) is 43.3 Å². The number of para-hydroxylation sites is 1. The average Bonchev–Trinajstić information content (AvgIpc) is 2.95. The number of rotatable bonds is 4. The molecule has 1 aliphatic heterocycles. The minimum Gasteiger partial charge on any atom is -0.368 e. The second-order valence-corrected chi connectivity index (χ2v) is 7.50. The van der Waals surface area contributed by atoms with E-state index in [1.165, 1.54) is 6.08 Å². The number of carbonyl (C=O) groups excluding carboxylic acids is 1. The van der Waals surface area contributed by atoms with Crippen LogP contribution >= 0.6 is 0 Å². The molecule has 0 bridgehead atoms. The summed E-state index contributed by atoms with van der Waals surface area (Å²) < 4.78 is 26.7. The first-order chi connectivity index (χ1) is 11.4. The lowest BCUT2D eigenvalue weighted by molar-refractivity contribution is -0.118. The molecule has 24 heavy (non-hydrogen) atoms. The molecule has 1 aliphatic rings. The second-order valence-electron chi connectivity index (χ2n) is 5.81. The Balaban J connectivity index is 1.97. The zero-order valence-electron chi connectivity index (χ0n) is 13.2. The van der Waals surface area contributed by atoms with Gasteiger partial charge in [-0.1, -0.05) is 48.0 Å². The number of aryl methyl sites for hydroxylation is 1. The molecule has 0 spiro atoms. The van der Waals surface area contributed by atoms with Crippen LogP contribution < -0.4 is 10.0 Å². The highest BCUT2D eigenvalue weighted by molar-refractivity contribution is 7.95. The van der Waals surface area contributed by atoms with Crippen LogP contribution in [-0.2, 0) is 21.2 Å². The molecule has 124 valence electrons. The summed E-state index contributed by atoms with van der Waals surface area (Å²) in [6.07, 6.45) is 1.82. The van der Waals surface area contributed by atoms with Crippen molar-refractivity contribution in [3.8, 4) is 0 Å². The van der Waals surface area contributed by atoms with Gasteiger partial charge in [0.15, 0.2) is 0 Å². The number of hydrogen-bond donors (Lipinski definition) is 1. The first-order valence-corrected chi connectivity index (χ1v) is 9.05. The SMILES string of the molecule is Cc1ccc(/C=C/S(=O)(=O)N2c3ccccc3CC2C(N)=O)cc1. The zero-order valence-corrected chi connectivity index (χ0v) is 14.0. The van der Waals surface area contributed by atoms with Crippen molar-refractivity contribution in [3.05, 3.63) is 70.6 Å². The van der Waals surface area contributed by atoms with E-state index in [0.29, 0.717) is 12.1 Å². The first-order valence-electron chi connectivity index (χ1n) is 7.55. The molecule has 0 aromatic heterocycles. The van der Waals surface area contributed by atoms with Gasteiger partial charge in [0, 0.05) is 6.42 Å². The van der Waals surface area contributed by atoms with Gasteiger partial charge in [-0.25, -0.2) is 8.42 Å². The van der Waals surface area contributed by atoms with E-state index < -0.39 is 22.0 Å². The quantitative estimate of drug-likeness (QED) is 0.925. The molecule has 0 fully saturated rings. The van der Waals surface area contributed by atoms with Gasteiger partial charge in [0.2, 0.25) is 5.91 Å². The summed E-state index contributed by atoms with van der Waals surface area (Å²) in [7, 11) is -3.82. The standard InChI is InChI=1S/C18H18N2O3S/c1-13-6-8-14(9-7-13)10-11-24(22,23)20-16-5-3-2-4-15(16)12-17(20)18(19)21/h2-11,17H,12H2,1H3,(H2,19,21)/b11-10+. The van der Waals surface area contributed by atoms with Crippen LogP contribution in [0.15, 0.2) is 53.9 Å². The fraction of sp³-hybridized carbons (Fsp3) is 0.167. The number of fused-ring (bicyclic) bond motifs is 1. The molecule has 5 nitrogen and oxygen atoms in total. The van der Waals surface area contributed by atoms with Crippen molar-refractivity contribution in [2.75, 3.05) is 4.31 Å². The van der Waals surface area contributed by atoms with Gasteiger partial charge in [-0.05, 0) is 30.2 Å². The summed E-state index contributed by atoms with van der Waals surface area (Å²) in [5.41, 5.74) is 8.59. The van der Waals surface area contributed by atoms with Crippen molar-refractivity contribution in [1.82, 2.24) is 0 Å². The molecule has 2 N–H and O–H groups in total. The van der Waals surface area contributed by atoms with Crippen molar-refractivity contribution in [2.24, 2.45) is 5.73 Å². The molecule has 1 unspecified atom stereocenters. The van der Waals surface area contributed by atoms with Crippen LogP contribution in [0, 0.1) is 6.92 Å². The number of benzene rings is 2. The molecule has 6 heteroatoms. The maximum Gasteiger partial charge on any atom is 0.258 e. The van der Waals surface area contributed by atoms with Gasteiger partial charge in [-0.15, -0.1) is 0 Å². The smallest absolute Gasteiger partial charge is 0.258 e. The van der Waals surface area contributed by atoms with E-state index >= 15 is 0 Å². The topological polar surface area (TPSA) is 80.5 Å². The molecular weight excluding hydrogens is 324 g/mol. The summed E-state index contributed by atoms with van der Waals surface area (Å²) in [5.74, 6) is -0.654. The summed E-state index contributed by atoms with van der Waals surface area (Å²) in [4.78, 5) is 11.7. The maximum absolute atomic E-state index is 12.8. The molecule has 1 amide bonds. The number of anilines is 1. The normalized spacial score (nSPS) is 17.2. The Labute approximate surface area is 141 Å². The predicted octanol–water partition coefficient (Wildman–Crippen LogP) is 2.21. The zero-order chi connectivity index (χ0) is 17.3. The molecular formula is C18H18N2O3S. The van der Waals surface area contributed by atoms with E-state index in [4.69, 9.17) is 5.73 Å². The fourth-order valence-electron chi connectivity index (χ4n) is 2.80. The summed E-state index contributed by atoms with van der Waals surface area (Å²) in [6, 6.07) is 13.7. The van der Waals surface area contributed by atoms with E-state index in [0.717, 1.165) is 26.4 Å². The summed E-state index contributed by atoms with van der Waals surface area (Å²) in [5, 5.41) is 1.12. The molecule has 2 aromatic carbocycles.